The molecule has 0 saturated carbocycles. The Bertz CT molecular complexity index is 570. The molecule has 0 bridgehead atoms. The summed E-state index contributed by atoms with van der Waals surface area (Å²) in [6.45, 7) is 3.06. The van der Waals surface area contributed by atoms with Crippen molar-refractivity contribution in [3.05, 3.63) is 30.6 Å². The zero-order valence-electron chi connectivity index (χ0n) is 13.5. The fraction of sp³-hybridized carbons (Fsp3) is 0.467. The van der Waals surface area contributed by atoms with E-state index in [0.717, 1.165) is 0 Å². The van der Waals surface area contributed by atoms with Gasteiger partial charge in [0.15, 0.2) is 0 Å². The third kappa shape index (κ3) is 7.43. The molecule has 0 aliphatic carbocycles. The highest BCUT2D eigenvalue weighted by Gasteiger charge is 2.22. The first kappa shape index (κ1) is 19.2. The van der Waals surface area contributed by atoms with Gasteiger partial charge in [0.1, 0.15) is 12.6 Å². The van der Waals surface area contributed by atoms with Crippen LogP contribution in [0, 0.1) is 0 Å². The quantitative estimate of drug-likeness (QED) is 0.350. The summed E-state index contributed by atoms with van der Waals surface area (Å²) in [6, 6.07) is -0.861. The summed E-state index contributed by atoms with van der Waals surface area (Å²) < 4.78 is 4.45. The molecule has 1 atom stereocenters. The maximum Gasteiger partial charge on any atom is 0.325 e. The molecule has 1 heterocycles. The largest absolute Gasteiger partial charge is 0.513 e. The number of aliphatic hydroxyl groups excluding tert-OH is 1. The molecule has 0 spiro atoms. The number of aliphatic hydroxyl groups is 1. The molecule has 0 aromatic carbocycles. The van der Waals surface area contributed by atoms with Gasteiger partial charge in [-0.15, -0.1) is 0 Å². The average molecular weight is 338 g/mol. The average Bonchev–Trinajstić information content (AvgIpc) is 3.04. The highest BCUT2D eigenvalue weighted by Crippen LogP contribution is 2.04. The van der Waals surface area contributed by atoms with E-state index in [-0.39, 0.29) is 31.1 Å². The van der Waals surface area contributed by atoms with Gasteiger partial charge in [-0.05, 0) is 6.42 Å². The maximum atomic E-state index is 12.2. The molecule has 0 radical (unpaired) electrons. The van der Waals surface area contributed by atoms with E-state index in [4.69, 9.17) is 5.11 Å². The molecule has 0 aliphatic heterocycles. The van der Waals surface area contributed by atoms with Crippen molar-refractivity contribution < 1.29 is 24.2 Å². The molecule has 4 N–H and O–H groups in total. The lowest BCUT2D eigenvalue weighted by Crippen LogP contribution is -2.49. The Kier molecular flexibility index (Phi) is 8.03. The highest BCUT2D eigenvalue weighted by atomic mass is 16.5. The van der Waals surface area contributed by atoms with Crippen LogP contribution in [-0.2, 0) is 25.5 Å². The van der Waals surface area contributed by atoms with E-state index in [0.29, 0.717) is 18.5 Å². The van der Waals surface area contributed by atoms with Crippen molar-refractivity contribution in [1.82, 2.24) is 20.6 Å². The number of nitrogens with zero attached hydrogens (tertiary/aromatic N) is 1. The SMILES string of the molecule is C=C(O)CCCC(=O)NC(Cc1cnc[nH]1)C(=O)NCC(=O)OC. The van der Waals surface area contributed by atoms with Crippen molar-refractivity contribution in [2.24, 2.45) is 0 Å². The van der Waals surface area contributed by atoms with Gasteiger partial charge in [0.25, 0.3) is 0 Å². The molecule has 0 fully saturated rings. The van der Waals surface area contributed by atoms with Gasteiger partial charge in [0.2, 0.25) is 11.8 Å². The van der Waals surface area contributed by atoms with Gasteiger partial charge >= 0.3 is 5.97 Å². The standard InChI is InChI=1S/C15H22N4O5/c1-10(20)4-3-5-13(21)19-12(6-11-7-16-9-18-11)15(23)17-8-14(22)24-2/h7,9,12,20H,1,3-6,8H2,2H3,(H,16,18)(H,17,23)(H,19,21). The molecule has 24 heavy (non-hydrogen) atoms. The smallest absolute Gasteiger partial charge is 0.325 e. The summed E-state index contributed by atoms with van der Waals surface area (Å²) >= 11 is 0. The van der Waals surface area contributed by atoms with Crippen molar-refractivity contribution >= 4 is 17.8 Å². The minimum atomic E-state index is -0.861. The van der Waals surface area contributed by atoms with E-state index >= 15 is 0 Å². The number of aromatic nitrogens is 2. The van der Waals surface area contributed by atoms with Crippen LogP contribution in [0.5, 0.6) is 0 Å². The first-order chi connectivity index (χ1) is 11.4. The van der Waals surface area contributed by atoms with Gasteiger partial charge in [0.05, 0.1) is 19.2 Å². The van der Waals surface area contributed by atoms with Gasteiger partial charge in [-0.3, -0.25) is 14.4 Å². The molecule has 9 heteroatoms. The number of nitrogens with one attached hydrogen (secondary N) is 3. The Hall–Kier alpha value is -2.84. The fourth-order valence-corrected chi connectivity index (χ4v) is 1.90. The van der Waals surface area contributed by atoms with Crippen molar-refractivity contribution in [3.63, 3.8) is 0 Å². The third-order valence-electron chi connectivity index (χ3n) is 3.13. The van der Waals surface area contributed by atoms with E-state index in [1.807, 2.05) is 0 Å². The van der Waals surface area contributed by atoms with E-state index in [1.54, 1.807) is 6.20 Å². The van der Waals surface area contributed by atoms with Gasteiger partial charge in [0, 0.05) is 31.2 Å². The number of methoxy groups -OCH3 is 1. The second kappa shape index (κ2) is 10.0. The highest BCUT2D eigenvalue weighted by molar-refractivity contribution is 5.89. The van der Waals surface area contributed by atoms with Crippen LogP contribution in [0.25, 0.3) is 0 Å². The van der Waals surface area contributed by atoms with Gasteiger partial charge < -0.3 is 25.5 Å². The summed E-state index contributed by atoms with van der Waals surface area (Å²) in [5.74, 6) is -1.42. The van der Waals surface area contributed by atoms with Crippen LogP contribution in [0.1, 0.15) is 25.0 Å². The van der Waals surface area contributed by atoms with Crippen LogP contribution in [0.3, 0.4) is 0 Å². The molecular formula is C15H22N4O5. The van der Waals surface area contributed by atoms with Crippen molar-refractivity contribution in [2.45, 2.75) is 31.7 Å². The summed E-state index contributed by atoms with van der Waals surface area (Å²) in [7, 11) is 1.22. The third-order valence-corrected chi connectivity index (χ3v) is 3.13. The number of allylic oxidation sites excluding steroid dienone is 1. The summed E-state index contributed by atoms with van der Waals surface area (Å²) in [5, 5.41) is 14.0. The number of rotatable bonds is 10. The normalized spacial score (nSPS) is 11.4. The lowest BCUT2D eigenvalue weighted by atomic mass is 10.1. The Morgan fingerprint density at radius 1 is 1.42 bits per heavy atom. The molecular weight excluding hydrogens is 316 g/mol. The number of esters is 1. The first-order valence-electron chi connectivity index (χ1n) is 7.40. The molecule has 9 nitrogen and oxygen atoms in total. The number of carbonyl (C=O) groups excluding carboxylic acids is 3. The topological polar surface area (TPSA) is 133 Å². The number of amides is 2. The zero-order valence-corrected chi connectivity index (χ0v) is 13.5. The van der Waals surface area contributed by atoms with Crippen LogP contribution >= 0.6 is 0 Å². The fourth-order valence-electron chi connectivity index (χ4n) is 1.90. The lowest BCUT2D eigenvalue weighted by Gasteiger charge is -2.17. The van der Waals surface area contributed by atoms with Gasteiger partial charge in [-0.2, -0.15) is 0 Å². The Morgan fingerprint density at radius 2 is 2.17 bits per heavy atom. The summed E-state index contributed by atoms with van der Waals surface area (Å²) in [6.07, 6.45) is 4.08. The molecule has 0 aliphatic rings. The van der Waals surface area contributed by atoms with Crippen molar-refractivity contribution in [3.8, 4) is 0 Å². The molecule has 1 aromatic heterocycles. The van der Waals surface area contributed by atoms with Gasteiger partial charge in [-0.1, -0.05) is 6.58 Å². The van der Waals surface area contributed by atoms with Crippen LogP contribution in [0.2, 0.25) is 0 Å². The van der Waals surface area contributed by atoms with E-state index in [9.17, 15) is 14.4 Å². The number of imidazole rings is 1. The minimum absolute atomic E-state index is 0.00707. The Balaban J connectivity index is 2.59. The van der Waals surface area contributed by atoms with Crippen LogP contribution in [0.15, 0.2) is 24.9 Å². The van der Waals surface area contributed by atoms with Crippen molar-refractivity contribution in [2.75, 3.05) is 13.7 Å². The van der Waals surface area contributed by atoms with Crippen molar-refractivity contribution in [1.29, 1.82) is 0 Å². The molecule has 2 amide bonds. The number of hydrogen-bond acceptors (Lipinski definition) is 6. The Labute approximate surface area is 139 Å². The number of H-pyrrole nitrogens is 1. The van der Waals surface area contributed by atoms with E-state index < -0.39 is 17.9 Å². The summed E-state index contributed by atoms with van der Waals surface area (Å²) in [5.41, 5.74) is 0.664. The number of hydrogen-bond donors (Lipinski definition) is 4. The molecule has 1 aromatic rings. The summed E-state index contributed by atoms with van der Waals surface area (Å²) in [4.78, 5) is 41.9. The number of aromatic amines is 1. The molecule has 1 rings (SSSR count). The predicted molar refractivity (Wildman–Crippen MR) is 84.9 cm³/mol. The molecule has 1 unspecified atom stereocenters. The van der Waals surface area contributed by atoms with Crippen LogP contribution in [0.4, 0.5) is 0 Å². The van der Waals surface area contributed by atoms with Gasteiger partial charge in [-0.25, -0.2) is 4.98 Å². The van der Waals surface area contributed by atoms with E-state index in [1.165, 1.54) is 13.4 Å². The second-order valence-corrected chi connectivity index (χ2v) is 5.11. The zero-order chi connectivity index (χ0) is 17.9. The number of carbonyl (C=O) groups is 3. The second-order valence-electron chi connectivity index (χ2n) is 5.11. The molecule has 132 valence electrons. The molecule has 0 saturated heterocycles. The Morgan fingerprint density at radius 3 is 2.75 bits per heavy atom. The minimum Gasteiger partial charge on any atom is -0.513 e. The first-order valence-corrected chi connectivity index (χ1v) is 7.40. The lowest BCUT2D eigenvalue weighted by molar-refractivity contribution is -0.141. The van der Waals surface area contributed by atoms with E-state index in [2.05, 4.69) is 31.9 Å². The monoisotopic (exact) mass is 338 g/mol. The van der Waals surface area contributed by atoms with Crippen LogP contribution < -0.4 is 10.6 Å². The number of ether oxygens (including phenoxy) is 1. The predicted octanol–water partition coefficient (Wildman–Crippen LogP) is -0.0318. The van der Waals surface area contributed by atoms with Crippen LogP contribution in [-0.4, -0.2) is 52.6 Å². The maximum absolute atomic E-state index is 12.2.